The van der Waals surface area contributed by atoms with E-state index in [1.165, 1.54) is 46.6 Å². The predicted octanol–water partition coefficient (Wildman–Crippen LogP) is 4.00. The maximum Gasteiger partial charge on any atom is 0.336 e. The van der Waals surface area contributed by atoms with E-state index in [1.54, 1.807) is 12.1 Å². The molecule has 8 nitrogen and oxygen atoms in total. The molecule has 9 heteroatoms. The Hall–Kier alpha value is -3.52. The molecule has 0 unspecified atom stereocenters. The van der Waals surface area contributed by atoms with Crippen molar-refractivity contribution in [3.8, 4) is 17.2 Å². The minimum Gasteiger partial charge on any atom is -0.495 e. The number of benzene rings is 2. The molecule has 2 aromatic carbocycles. The van der Waals surface area contributed by atoms with Crippen molar-refractivity contribution in [3.05, 3.63) is 63.0 Å². The number of rotatable bonds is 8. The lowest BCUT2D eigenvalue weighted by Crippen LogP contribution is -2.20. The minimum absolute atomic E-state index is 0.168. The van der Waals surface area contributed by atoms with Crippen LogP contribution in [-0.4, -0.2) is 40.2 Å². The van der Waals surface area contributed by atoms with Crippen LogP contribution in [0.25, 0.3) is 11.0 Å². The van der Waals surface area contributed by atoms with Gasteiger partial charge in [0.2, 0.25) is 0 Å². The molecule has 1 atom stereocenters. The number of carbonyl (C=O) groups is 2. The molecule has 0 bridgehead atoms. The van der Waals surface area contributed by atoms with E-state index < -0.39 is 17.5 Å². The highest BCUT2D eigenvalue weighted by Gasteiger charge is 2.29. The average Bonchev–Trinajstić information content (AvgIpc) is 2.80. The van der Waals surface area contributed by atoms with Crippen molar-refractivity contribution in [1.29, 1.82) is 0 Å². The maximum absolute atomic E-state index is 13.1. The molecule has 1 aromatic heterocycles. The second-order valence-corrected chi connectivity index (χ2v) is 7.18. The number of carbonyl (C=O) groups excluding carboxylic acids is 2. The third kappa shape index (κ3) is 4.55. The van der Waals surface area contributed by atoms with E-state index in [0.717, 1.165) is 6.07 Å². The zero-order valence-corrected chi connectivity index (χ0v) is 18.6. The number of hydrogen-bond acceptors (Lipinski definition) is 8. The van der Waals surface area contributed by atoms with E-state index in [2.05, 4.69) is 0 Å². The second kappa shape index (κ2) is 9.74. The Morgan fingerprint density at radius 3 is 2.25 bits per heavy atom. The molecule has 0 fully saturated rings. The van der Waals surface area contributed by atoms with Gasteiger partial charge >= 0.3 is 11.6 Å². The third-order valence-electron chi connectivity index (χ3n) is 5.01. The number of hydrogen-bond donors (Lipinski definition) is 0. The standard InChI is InChI=1S/C23H21ClO8/c1-28-18-6-5-12(7-21(18)30-3)17(25)9-15(23(27)31-4)13-10-22(26)32-19-11-20(29-2)16(24)8-14(13)19/h5-8,10-11,15H,9H2,1-4H3/t15-/m0/s1. The second-order valence-electron chi connectivity index (χ2n) is 6.78. The summed E-state index contributed by atoms with van der Waals surface area (Å²) in [5.74, 6) is -0.978. The first-order valence-electron chi connectivity index (χ1n) is 9.47. The van der Waals surface area contributed by atoms with Crippen LogP contribution in [0, 0.1) is 0 Å². The fourth-order valence-corrected chi connectivity index (χ4v) is 3.65. The maximum atomic E-state index is 13.1. The van der Waals surface area contributed by atoms with Crippen molar-refractivity contribution in [3.63, 3.8) is 0 Å². The molecule has 32 heavy (non-hydrogen) atoms. The van der Waals surface area contributed by atoms with Gasteiger partial charge in [-0.05, 0) is 29.8 Å². The highest BCUT2D eigenvalue weighted by Crippen LogP contribution is 2.35. The number of esters is 1. The number of ketones is 1. The Balaban J connectivity index is 2.09. The summed E-state index contributed by atoms with van der Waals surface area (Å²) in [5.41, 5.74) is 0.0515. The smallest absolute Gasteiger partial charge is 0.336 e. The monoisotopic (exact) mass is 460 g/mol. The van der Waals surface area contributed by atoms with Crippen LogP contribution in [0.15, 0.2) is 45.6 Å². The molecular formula is C23H21ClO8. The van der Waals surface area contributed by atoms with Crippen molar-refractivity contribution in [2.24, 2.45) is 0 Å². The van der Waals surface area contributed by atoms with Crippen LogP contribution < -0.4 is 19.8 Å². The van der Waals surface area contributed by atoms with Crippen molar-refractivity contribution in [1.82, 2.24) is 0 Å². The van der Waals surface area contributed by atoms with Crippen LogP contribution in [0.5, 0.6) is 17.2 Å². The highest BCUT2D eigenvalue weighted by atomic mass is 35.5. The SMILES string of the molecule is COC(=O)[C@@H](CC(=O)c1ccc(OC)c(OC)c1)c1cc(=O)oc2cc(OC)c(Cl)cc12. The van der Waals surface area contributed by atoms with E-state index >= 15 is 0 Å². The number of fused-ring (bicyclic) bond motifs is 1. The van der Waals surface area contributed by atoms with Crippen molar-refractivity contribution in [2.75, 3.05) is 28.4 Å². The van der Waals surface area contributed by atoms with E-state index in [1.807, 2.05) is 0 Å². The normalized spacial score (nSPS) is 11.7. The lowest BCUT2D eigenvalue weighted by molar-refractivity contribution is -0.142. The largest absolute Gasteiger partial charge is 0.495 e. The lowest BCUT2D eigenvalue weighted by atomic mass is 9.89. The molecular weight excluding hydrogens is 440 g/mol. The minimum atomic E-state index is -1.07. The zero-order chi connectivity index (χ0) is 23.4. The van der Waals surface area contributed by atoms with Crippen molar-refractivity contribution < 1.29 is 33.0 Å². The summed E-state index contributed by atoms with van der Waals surface area (Å²) in [6.07, 6.45) is -0.260. The molecule has 0 amide bonds. The first-order chi connectivity index (χ1) is 15.3. The van der Waals surface area contributed by atoms with Gasteiger partial charge in [0, 0.05) is 29.5 Å². The summed E-state index contributed by atoms with van der Waals surface area (Å²) in [6, 6.07) is 8.82. The van der Waals surface area contributed by atoms with Crippen LogP contribution in [0.1, 0.15) is 28.3 Å². The van der Waals surface area contributed by atoms with E-state index in [-0.39, 0.29) is 28.4 Å². The highest BCUT2D eigenvalue weighted by molar-refractivity contribution is 6.32. The Labute approximate surface area is 188 Å². The quantitative estimate of drug-likeness (QED) is 0.282. The molecule has 0 spiro atoms. The third-order valence-corrected chi connectivity index (χ3v) is 5.30. The summed E-state index contributed by atoms with van der Waals surface area (Å²) < 4.78 is 25.8. The Morgan fingerprint density at radius 1 is 0.938 bits per heavy atom. The van der Waals surface area contributed by atoms with Crippen molar-refractivity contribution >= 4 is 34.3 Å². The molecule has 3 aromatic rings. The summed E-state index contributed by atoms with van der Waals surface area (Å²) in [4.78, 5) is 37.9. The summed E-state index contributed by atoms with van der Waals surface area (Å²) in [5, 5.41) is 0.649. The van der Waals surface area contributed by atoms with Gasteiger partial charge in [0.25, 0.3) is 0 Å². The van der Waals surface area contributed by atoms with Gasteiger partial charge in [-0.1, -0.05) is 11.6 Å². The van der Waals surface area contributed by atoms with Gasteiger partial charge in [-0.25, -0.2) is 4.79 Å². The Bertz CT molecular complexity index is 1230. The van der Waals surface area contributed by atoms with Gasteiger partial charge in [0.1, 0.15) is 11.3 Å². The summed E-state index contributed by atoms with van der Waals surface area (Å²) >= 11 is 6.24. The predicted molar refractivity (Wildman–Crippen MR) is 117 cm³/mol. The molecule has 3 rings (SSSR count). The van der Waals surface area contributed by atoms with Gasteiger partial charge in [-0.3, -0.25) is 9.59 Å². The zero-order valence-electron chi connectivity index (χ0n) is 17.9. The fourth-order valence-electron chi connectivity index (χ4n) is 3.41. The van der Waals surface area contributed by atoms with Crippen LogP contribution >= 0.6 is 11.6 Å². The topological polar surface area (TPSA) is 101 Å². The van der Waals surface area contributed by atoms with Gasteiger partial charge < -0.3 is 23.4 Å². The molecule has 0 aliphatic heterocycles. The lowest BCUT2D eigenvalue weighted by Gasteiger charge is -2.17. The van der Waals surface area contributed by atoms with Gasteiger partial charge in [0.05, 0.1) is 39.4 Å². The first-order valence-corrected chi connectivity index (χ1v) is 9.85. The number of Topliss-reactive ketones (excluding diaryl/α,β-unsaturated/α-hetero) is 1. The molecule has 0 saturated carbocycles. The first kappa shape index (κ1) is 23.1. The van der Waals surface area contributed by atoms with Gasteiger partial charge in [-0.2, -0.15) is 0 Å². The van der Waals surface area contributed by atoms with Crippen LogP contribution in [0.3, 0.4) is 0 Å². The number of methoxy groups -OCH3 is 4. The van der Waals surface area contributed by atoms with E-state index in [9.17, 15) is 14.4 Å². The van der Waals surface area contributed by atoms with Gasteiger partial charge in [0.15, 0.2) is 17.3 Å². The van der Waals surface area contributed by atoms with E-state index in [4.69, 9.17) is 35.0 Å². The molecule has 0 radical (unpaired) electrons. The Kier molecular flexibility index (Phi) is 7.05. The molecule has 168 valence electrons. The number of halogens is 1. The van der Waals surface area contributed by atoms with Crippen molar-refractivity contribution in [2.45, 2.75) is 12.3 Å². The fraction of sp³-hybridized carbons (Fsp3) is 0.261. The number of ether oxygens (including phenoxy) is 4. The molecule has 0 aliphatic rings. The van der Waals surface area contributed by atoms with Crippen LogP contribution in [-0.2, 0) is 9.53 Å². The molecule has 0 N–H and O–H groups in total. The van der Waals surface area contributed by atoms with Crippen LogP contribution in [0.2, 0.25) is 5.02 Å². The summed E-state index contributed by atoms with van der Waals surface area (Å²) in [6.45, 7) is 0. The van der Waals surface area contributed by atoms with Crippen LogP contribution in [0.4, 0.5) is 0 Å². The van der Waals surface area contributed by atoms with Gasteiger partial charge in [-0.15, -0.1) is 0 Å². The Morgan fingerprint density at radius 2 is 1.62 bits per heavy atom. The molecule has 0 aliphatic carbocycles. The molecule has 1 heterocycles. The summed E-state index contributed by atoms with van der Waals surface area (Å²) in [7, 11) is 5.57. The molecule has 0 saturated heterocycles. The van der Waals surface area contributed by atoms with E-state index in [0.29, 0.717) is 28.2 Å². The average molecular weight is 461 g/mol.